The van der Waals surface area contributed by atoms with Crippen molar-refractivity contribution in [1.29, 1.82) is 0 Å². The van der Waals surface area contributed by atoms with Crippen LogP contribution >= 0.6 is 0 Å². The molecule has 0 radical (unpaired) electrons. The quantitative estimate of drug-likeness (QED) is 0.253. The molecule has 32 heavy (non-hydrogen) atoms. The molecule has 0 bridgehead atoms. The largest absolute Gasteiger partial charge is 0.429 e. The van der Waals surface area contributed by atoms with Crippen LogP contribution in [-0.2, 0) is 0 Å². The van der Waals surface area contributed by atoms with Crippen molar-refractivity contribution in [2.24, 2.45) is 17.8 Å². The van der Waals surface area contributed by atoms with Crippen LogP contribution < -0.4 is 4.74 Å². The Kier molecular flexibility index (Phi) is 9.92. The van der Waals surface area contributed by atoms with E-state index in [9.17, 15) is 17.6 Å². The smallest absolute Gasteiger partial charge is 0.387 e. The number of unbranched alkanes of at least 4 members (excludes halogenated alkanes) is 1. The molecule has 0 aromatic heterocycles. The Labute approximate surface area is 190 Å². The van der Waals surface area contributed by atoms with Crippen LogP contribution in [0.5, 0.6) is 5.75 Å². The summed E-state index contributed by atoms with van der Waals surface area (Å²) in [6, 6.07) is 2.34. The zero-order valence-corrected chi connectivity index (χ0v) is 19.3. The molecular weight excluding hydrogens is 416 g/mol. The van der Waals surface area contributed by atoms with Gasteiger partial charge in [0.1, 0.15) is 0 Å². The van der Waals surface area contributed by atoms with Crippen molar-refractivity contribution in [2.75, 3.05) is 0 Å². The molecule has 0 N–H and O–H groups in total. The maximum atomic E-state index is 14.1. The summed E-state index contributed by atoms with van der Waals surface area (Å²) in [6.07, 6.45) is 20.3. The summed E-state index contributed by atoms with van der Waals surface area (Å²) in [6.45, 7) is -1.02. The van der Waals surface area contributed by atoms with Gasteiger partial charge in [0.25, 0.3) is 0 Å². The molecule has 0 unspecified atom stereocenters. The minimum atomic E-state index is -3.24. The fourth-order valence-corrected chi connectivity index (χ4v) is 5.60. The van der Waals surface area contributed by atoms with Crippen molar-refractivity contribution in [3.63, 3.8) is 0 Å². The Morgan fingerprint density at radius 1 is 0.844 bits per heavy atom. The molecule has 0 saturated heterocycles. The maximum absolute atomic E-state index is 14.1. The Morgan fingerprint density at radius 3 is 1.91 bits per heavy atom. The Hall–Kier alpha value is -1.52. The van der Waals surface area contributed by atoms with E-state index in [1.807, 2.05) is 0 Å². The average molecular weight is 455 g/mol. The van der Waals surface area contributed by atoms with E-state index in [1.165, 1.54) is 69.9 Å². The number of halogens is 4. The molecule has 1 nitrogen and oxygen atoms in total. The van der Waals surface area contributed by atoms with Crippen molar-refractivity contribution in [3.05, 3.63) is 41.5 Å². The van der Waals surface area contributed by atoms with Gasteiger partial charge in [-0.2, -0.15) is 8.78 Å². The number of hydrogen-bond donors (Lipinski definition) is 0. The van der Waals surface area contributed by atoms with Gasteiger partial charge in [0.05, 0.1) is 0 Å². The summed E-state index contributed by atoms with van der Waals surface area (Å²) in [7, 11) is 0. The van der Waals surface area contributed by atoms with Crippen LogP contribution in [0.25, 0.3) is 0 Å². The molecule has 5 heteroatoms. The molecule has 1 aromatic rings. The van der Waals surface area contributed by atoms with Gasteiger partial charge >= 0.3 is 6.61 Å². The normalized spacial score (nSPS) is 26.7. The van der Waals surface area contributed by atoms with Crippen LogP contribution in [0.15, 0.2) is 24.3 Å². The molecule has 2 fully saturated rings. The third kappa shape index (κ3) is 7.52. The first kappa shape index (κ1) is 25.1. The second-order valence-electron chi connectivity index (χ2n) is 9.87. The van der Waals surface area contributed by atoms with Gasteiger partial charge in [-0.25, -0.2) is 8.78 Å². The molecule has 0 spiro atoms. The first-order valence-electron chi connectivity index (χ1n) is 12.5. The first-order chi connectivity index (χ1) is 15.5. The minimum absolute atomic E-state index is 0.0899. The highest BCUT2D eigenvalue weighted by Crippen LogP contribution is 2.41. The number of rotatable bonds is 10. The summed E-state index contributed by atoms with van der Waals surface area (Å²) < 4.78 is 56.7. The second kappa shape index (κ2) is 12.6. The molecule has 0 atom stereocenters. The first-order valence-corrected chi connectivity index (χ1v) is 12.5. The number of allylic oxidation sites excluding steroid dienone is 2. The number of alkyl halides is 2. The summed E-state index contributed by atoms with van der Waals surface area (Å²) in [5.74, 6) is -0.562. The second-order valence-corrected chi connectivity index (χ2v) is 9.87. The highest BCUT2D eigenvalue weighted by molar-refractivity contribution is 5.33. The van der Waals surface area contributed by atoms with Crippen LogP contribution in [0, 0.1) is 29.4 Å². The van der Waals surface area contributed by atoms with Crippen molar-refractivity contribution >= 4 is 0 Å². The predicted molar refractivity (Wildman–Crippen MR) is 121 cm³/mol. The van der Waals surface area contributed by atoms with Crippen LogP contribution in [0.1, 0.15) is 102 Å². The molecule has 1 aromatic carbocycles. The lowest BCUT2D eigenvalue weighted by Gasteiger charge is -2.32. The van der Waals surface area contributed by atoms with Gasteiger partial charge in [0.2, 0.25) is 0 Å². The van der Waals surface area contributed by atoms with E-state index < -0.39 is 24.0 Å². The number of hydrogen-bond acceptors (Lipinski definition) is 1. The Bertz CT molecular complexity index is 693. The van der Waals surface area contributed by atoms with Gasteiger partial charge in [-0.1, -0.05) is 51.2 Å². The fourth-order valence-electron chi connectivity index (χ4n) is 5.60. The van der Waals surface area contributed by atoms with E-state index in [2.05, 4.69) is 23.8 Å². The standard InChI is InChI=1S/C27H38F4O/c1-2-3-4-5-6-19-7-9-20(10-8-19)11-12-21-13-15-22(16-14-21)23-17-24(28)26(25(29)18-23)32-27(30)31/h4-5,17-22,27H,2-3,6-16H2,1H3/b5-4+. The van der Waals surface area contributed by atoms with E-state index in [1.54, 1.807) is 0 Å². The summed E-state index contributed by atoms with van der Waals surface area (Å²) >= 11 is 0. The minimum Gasteiger partial charge on any atom is -0.429 e. The maximum Gasteiger partial charge on any atom is 0.387 e. The van der Waals surface area contributed by atoms with Gasteiger partial charge < -0.3 is 4.74 Å². The Morgan fingerprint density at radius 2 is 1.38 bits per heavy atom. The van der Waals surface area contributed by atoms with E-state index in [-0.39, 0.29) is 5.92 Å². The van der Waals surface area contributed by atoms with E-state index in [4.69, 9.17) is 0 Å². The van der Waals surface area contributed by atoms with Crippen molar-refractivity contribution in [1.82, 2.24) is 0 Å². The molecule has 3 rings (SSSR count). The molecule has 0 heterocycles. The molecule has 180 valence electrons. The van der Waals surface area contributed by atoms with Crippen molar-refractivity contribution in [3.8, 4) is 5.75 Å². The monoisotopic (exact) mass is 454 g/mol. The molecular formula is C27H38F4O. The molecule has 2 aliphatic carbocycles. The van der Waals surface area contributed by atoms with E-state index in [0.29, 0.717) is 11.5 Å². The van der Waals surface area contributed by atoms with Crippen LogP contribution in [0.4, 0.5) is 17.6 Å². The van der Waals surface area contributed by atoms with Crippen LogP contribution in [0.3, 0.4) is 0 Å². The lowest BCUT2D eigenvalue weighted by atomic mass is 9.74. The van der Waals surface area contributed by atoms with E-state index >= 15 is 0 Å². The van der Waals surface area contributed by atoms with Gasteiger partial charge in [-0.05, 0) is 92.7 Å². The highest BCUT2D eigenvalue weighted by atomic mass is 19.3. The summed E-state index contributed by atoms with van der Waals surface area (Å²) in [4.78, 5) is 0. The van der Waals surface area contributed by atoms with E-state index in [0.717, 1.165) is 37.5 Å². The average Bonchev–Trinajstić information content (AvgIpc) is 2.78. The van der Waals surface area contributed by atoms with Gasteiger partial charge in [0, 0.05) is 0 Å². The Balaban J connectivity index is 1.38. The van der Waals surface area contributed by atoms with Crippen molar-refractivity contribution in [2.45, 2.75) is 103 Å². The number of benzene rings is 1. The lowest BCUT2D eigenvalue weighted by molar-refractivity contribution is -0.0546. The lowest BCUT2D eigenvalue weighted by Crippen LogP contribution is -2.18. The SMILES string of the molecule is CCC/C=C/CC1CCC(CCC2CCC(c3cc(F)c(OC(F)F)c(F)c3)CC2)CC1. The molecule has 0 amide bonds. The zero-order valence-electron chi connectivity index (χ0n) is 19.3. The van der Waals surface area contributed by atoms with Crippen LogP contribution in [0.2, 0.25) is 0 Å². The number of ether oxygens (including phenoxy) is 1. The molecule has 2 aliphatic rings. The van der Waals surface area contributed by atoms with Crippen LogP contribution in [-0.4, -0.2) is 6.61 Å². The topological polar surface area (TPSA) is 9.23 Å². The van der Waals surface area contributed by atoms with Gasteiger partial charge in [-0.3, -0.25) is 0 Å². The van der Waals surface area contributed by atoms with Gasteiger partial charge in [0.15, 0.2) is 17.4 Å². The van der Waals surface area contributed by atoms with Gasteiger partial charge in [-0.15, -0.1) is 0 Å². The zero-order chi connectivity index (χ0) is 22.9. The summed E-state index contributed by atoms with van der Waals surface area (Å²) in [5, 5.41) is 0. The molecule has 2 saturated carbocycles. The molecule has 0 aliphatic heterocycles. The fraction of sp³-hybridized carbons (Fsp3) is 0.704. The van der Waals surface area contributed by atoms with Crippen molar-refractivity contribution < 1.29 is 22.3 Å². The third-order valence-corrected chi connectivity index (χ3v) is 7.59. The predicted octanol–water partition coefficient (Wildman–Crippen LogP) is 9.17. The third-order valence-electron chi connectivity index (χ3n) is 7.59. The highest BCUT2D eigenvalue weighted by Gasteiger charge is 2.27. The summed E-state index contributed by atoms with van der Waals surface area (Å²) in [5.41, 5.74) is 0.561.